The van der Waals surface area contributed by atoms with E-state index in [-0.39, 0.29) is 11.9 Å². The first kappa shape index (κ1) is 15.4. The minimum absolute atomic E-state index is 0.111. The van der Waals surface area contributed by atoms with Crippen LogP contribution in [0.4, 0.5) is 4.39 Å². The number of likely N-dealkylation sites (tertiary alicyclic amines) is 1. The van der Waals surface area contributed by atoms with Crippen molar-refractivity contribution in [2.45, 2.75) is 37.4 Å². The first-order valence-corrected chi connectivity index (χ1v) is 8.50. The molecule has 1 aromatic carbocycles. The highest BCUT2D eigenvalue weighted by Gasteiger charge is 2.36. The van der Waals surface area contributed by atoms with E-state index >= 15 is 0 Å². The molecule has 0 amide bonds. The van der Waals surface area contributed by atoms with E-state index in [0.29, 0.717) is 23.1 Å². The molecule has 0 spiro atoms. The molecule has 2 aliphatic rings. The molecule has 3 nitrogen and oxygen atoms in total. The van der Waals surface area contributed by atoms with E-state index in [1.54, 1.807) is 12.1 Å². The zero-order valence-corrected chi connectivity index (χ0v) is 14.0. The summed E-state index contributed by atoms with van der Waals surface area (Å²) in [6.07, 6.45) is 3.77. The molecule has 3 atom stereocenters. The lowest BCUT2D eigenvalue weighted by Gasteiger charge is -2.33. The van der Waals surface area contributed by atoms with Crippen LogP contribution in [0.15, 0.2) is 22.7 Å². The van der Waals surface area contributed by atoms with Crippen molar-refractivity contribution in [3.63, 3.8) is 0 Å². The van der Waals surface area contributed by atoms with Gasteiger partial charge in [0.1, 0.15) is 5.82 Å². The van der Waals surface area contributed by atoms with Crippen LogP contribution in [0.3, 0.4) is 0 Å². The minimum Gasteiger partial charge on any atom is -0.329 e. The number of hydrogen-bond donors (Lipinski definition) is 1. The third-order valence-corrected chi connectivity index (χ3v) is 5.82. The van der Waals surface area contributed by atoms with Crippen LogP contribution in [0.2, 0.25) is 0 Å². The monoisotopic (exact) mass is 355 g/mol. The second-order valence-corrected chi connectivity index (χ2v) is 7.11. The molecule has 2 aliphatic heterocycles. The Morgan fingerprint density at radius 3 is 2.81 bits per heavy atom. The summed E-state index contributed by atoms with van der Waals surface area (Å²) in [4.78, 5) is 4.97. The van der Waals surface area contributed by atoms with Crippen LogP contribution >= 0.6 is 15.9 Å². The number of nitrogens with zero attached hydrogens (tertiary/aromatic N) is 2. The smallest absolute Gasteiger partial charge is 0.137 e. The van der Waals surface area contributed by atoms with Crippen molar-refractivity contribution in [3.8, 4) is 0 Å². The third-order valence-electron chi connectivity index (χ3n) is 5.17. The molecule has 2 fully saturated rings. The van der Waals surface area contributed by atoms with Gasteiger partial charge >= 0.3 is 0 Å². The Labute approximate surface area is 134 Å². The number of hydrogen-bond acceptors (Lipinski definition) is 3. The number of halogens is 2. The van der Waals surface area contributed by atoms with E-state index in [4.69, 9.17) is 5.73 Å². The Morgan fingerprint density at radius 1 is 1.33 bits per heavy atom. The predicted octanol–water partition coefficient (Wildman–Crippen LogP) is 2.76. The van der Waals surface area contributed by atoms with Gasteiger partial charge in [0.15, 0.2) is 0 Å². The van der Waals surface area contributed by atoms with Gasteiger partial charge in [0.05, 0.1) is 4.47 Å². The Morgan fingerprint density at radius 2 is 2.10 bits per heavy atom. The highest BCUT2D eigenvalue weighted by Crippen LogP contribution is 2.32. The van der Waals surface area contributed by atoms with Gasteiger partial charge in [-0.15, -0.1) is 0 Å². The topological polar surface area (TPSA) is 32.5 Å². The van der Waals surface area contributed by atoms with Crippen molar-refractivity contribution in [2.75, 3.05) is 26.7 Å². The maximum atomic E-state index is 13.8. The number of nitrogens with two attached hydrogens (primary N) is 1. The molecule has 2 heterocycles. The van der Waals surface area contributed by atoms with Crippen molar-refractivity contribution in [3.05, 3.63) is 34.1 Å². The molecule has 2 N–H and O–H groups in total. The highest BCUT2D eigenvalue weighted by molar-refractivity contribution is 9.10. The number of likely N-dealkylation sites (N-methyl/N-ethyl adjacent to an activating group) is 1. The van der Waals surface area contributed by atoms with Crippen molar-refractivity contribution >= 4 is 15.9 Å². The normalized spacial score (nSPS) is 28.6. The van der Waals surface area contributed by atoms with Crippen LogP contribution in [-0.2, 0) is 0 Å². The van der Waals surface area contributed by atoms with Gasteiger partial charge in [-0.1, -0.05) is 6.07 Å². The lowest BCUT2D eigenvalue weighted by atomic mass is 10.0. The van der Waals surface area contributed by atoms with Gasteiger partial charge in [-0.2, -0.15) is 0 Å². The van der Waals surface area contributed by atoms with Crippen LogP contribution in [0.5, 0.6) is 0 Å². The molecule has 2 bridgehead atoms. The molecule has 0 aromatic heterocycles. The molecule has 0 saturated carbocycles. The number of rotatable bonds is 3. The Kier molecular flexibility index (Phi) is 4.64. The molecule has 0 aliphatic carbocycles. The van der Waals surface area contributed by atoms with E-state index < -0.39 is 0 Å². The van der Waals surface area contributed by atoms with E-state index in [1.807, 2.05) is 6.07 Å². The molecule has 3 unspecified atom stereocenters. The van der Waals surface area contributed by atoms with Gasteiger partial charge in [0, 0.05) is 37.8 Å². The lowest BCUT2D eigenvalue weighted by molar-refractivity contribution is 0.175. The SMILES string of the molecule is CN1C2CCC1CN(C(CN)c1ccc(Br)c(F)c1)CC2. The zero-order valence-electron chi connectivity index (χ0n) is 12.4. The maximum Gasteiger partial charge on any atom is 0.137 e. The Balaban J connectivity index is 1.81. The summed E-state index contributed by atoms with van der Waals surface area (Å²) in [6, 6.07) is 6.82. The average molecular weight is 356 g/mol. The van der Waals surface area contributed by atoms with Gasteiger partial charge < -0.3 is 5.73 Å². The fourth-order valence-corrected chi connectivity index (χ4v) is 4.08. The molecular weight excluding hydrogens is 333 g/mol. The van der Waals surface area contributed by atoms with E-state index in [9.17, 15) is 4.39 Å². The first-order chi connectivity index (χ1) is 10.1. The standard InChI is InChI=1S/C16H23BrFN3/c1-20-12-3-4-13(20)10-21(7-6-12)16(9-19)11-2-5-14(17)15(18)8-11/h2,5,8,12-13,16H,3-4,6-7,9-10,19H2,1H3. The van der Waals surface area contributed by atoms with Crippen molar-refractivity contribution in [1.29, 1.82) is 0 Å². The molecular formula is C16H23BrFN3. The number of fused-ring (bicyclic) bond motifs is 2. The van der Waals surface area contributed by atoms with Crippen LogP contribution < -0.4 is 5.73 Å². The van der Waals surface area contributed by atoms with Gasteiger partial charge in [0.2, 0.25) is 0 Å². The lowest BCUT2D eigenvalue weighted by Crippen LogP contribution is -2.40. The van der Waals surface area contributed by atoms with Crippen LogP contribution in [-0.4, -0.2) is 48.6 Å². The van der Waals surface area contributed by atoms with Crippen molar-refractivity contribution < 1.29 is 4.39 Å². The summed E-state index contributed by atoms with van der Waals surface area (Å²) < 4.78 is 14.3. The largest absolute Gasteiger partial charge is 0.329 e. The van der Waals surface area contributed by atoms with Crippen LogP contribution in [0.25, 0.3) is 0 Å². The summed E-state index contributed by atoms with van der Waals surface area (Å²) in [5.74, 6) is -0.209. The molecule has 0 radical (unpaired) electrons. The second-order valence-electron chi connectivity index (χ2n) is 6.26. The summed E-state index contributed by atoms with van der Waals surface area (Å²) in [5, 5.41) is 0. The van der Waals surface area contributed by atoms with E-state index in [1.165, 1.54) is 19.3 Å². The summed E-state index contributed by atoms with van der Waals surface area (Å²) in [5.41, 5.74) is 7.00. The van der Waals surface area contributed by atoms with E-state index in [0.717, 1.165) is 18.7 Å². The summed E-state index contributed by atoms with van der Waals surface area (Å²) in [6.45, 7) is 2.61. The van der Waals surface area contributed by atoms with Crippen LogP contribution in [0, 0.1) is 5.82 Å². The Hall–Kier alpha value is -0.490. The highest BCUT2D eigenvalue weighted by atomic mass is 79.9. The average Bonchev–Trinajstić information content (AvgIpc) is 2.70. The molecule has 116 valence electrons. The predicted molar refractivity (Wildman–Crippen MR) is 86.7 cm³/mol. The van der Waals surface area contributed by atoms with Crippen LogP contribution in [0.1, 0.15) is 30.9 Å². The number of benzene rings is 1. The second kappa shape index (κ2) is 6.32. The minimum atomic E-state index is -0.209. The van der Waals surface area contributed by atoms with Crippen molar-refractivity contribution in [2.24, 2.45) is 5.73 Å². The molecule has 3 rings (SSSR count). The quantitative estimate of drug-likeness (QED) is 0.904. The summed E-state index contributed by atoms with van der Waals surface area (Å²) >= 11 is 3.22. The third kappa shape index (κ3) is 3.02. The van der Waals surface area contributed by atoms with Gasteiger partial charge in [-0.25, -0.2) is 4.39 Å². The molecule has 1 aromatic rings. The van der Waals surface area contributed by atoms with E-state index in [2.05, 4.69) is 32.8 Å². The van der Waals surface area contributed by atoms with Gasteiger partial charge in [-0.05, 0) is 59.9 Å². The molecule has 21 heavy (non-hydrogen) atoms. The maximum absolute atomic E-state index is 13.8. The molecule has 2 saturated heterocycles. The molecule has 5 heteroatoms. The van der Waals surface area contributed by atoms with Gasteiger partial charge in [0.25, 0.3) is 0 Å². The fraction of sp³-hybridized carbons (Fsp3) is 0.625. The summed E-state index contributed by atoms with van der Waals surface area (Å²) in [7, 11) is 2.24. The Bertz CT molecular complexity index is 510. The van der Waals surface area contributed by atoms with Crippen molar-refractivity contribution in [1.82, 2.24) is 9.80 Å². The first-order valence-electron chi connectivity index (χ1n) is 7.71. The zero-order chi connectivity index (χ0) is 15.0. The van der Waals surface area contributed by atoms with Gasteiger partial charge in [-0.3, -0.25) is 9.80 Å². The fourth-order valence-electron chi connectivity index (χ4n) is 3.83.